The van der Waals surface area contributed by atoms with Crippen LogP contribution in [0.1, 0.15) is 55.4 Å². The maximum atomic E-state index is 10.5. The van der Waals surface area contributed by atoms with Crippen LogP contribution in [0.25, 0.3) is 0 Å². The van der Waals surface area contributed by atoms with Gasteiger partial charge < -0.3 is 24.6 Å². The van der Waals surface area contributed by atoms with E-state index in [1.165, 1.54) is 26.4 Å². The predicted molar refractivity (Wildman–Crippen MR) is 161 cm³/mol. The molecule has 234 valence electrons. The number of aromatic nitrogens is 1. The number of hydrogen-bond donors (Lipinski definition) is 3. The molecular weight excluding hydrogens is 574 g/mol. The van der Waals surface area contributed by atoms with Crippen molar-refractivity contribution in [1.82, 2.24) is 10.3 Å². The first-order chi connectivity index (χ1) is 20.3. The van der Waals surface area contributed by atoms with Gasteiger partial charge in [0.25, 0.3) is 16.6 Å². The van der Waals surface area contributed by atoms with Gasteiger partial charge in [-0.05, 0) is 63.6 Å². The molecule has 4 rings (SSSR count). The molecule has 1 fully saturated rings. The van der Waals surface area contributed by atoms with Crippen molar-refractivity contribution in [2.45, 2.75) is 50.6 Å². The maximum absolute atomic E-state index is 10.5. The lowest BCUT2D eigenvalue weighted by Crippen LogP contribution is -2.45. The van der Waals surface area contributed by atoms with Crippen LogP contribution in [0.2, 0.25) is 0 Å². The summed E-state index contributed by atoms with van der Waals surface area (Å²) in [6, 6.07) is 19.1. The second kappa shape index (κ2) is 18.8. The molecule has 1 unspecified atom stereocenters. The number of methoxy groups -OCH3 is 2. The van der Waals surface area contributed by atoms with E-state index in [-0.39, 0.29) is 16.4 Å². The molecule has 1 aromatic heterocycles. The molecule has 11 nitrogen and oxygen atoms in total. The van der Waals surface area contributed by atoms with Crippen molar-refractivity contribution in [3.05, 3.63) is 95.3 Å². The minimum Gasteiger partial charge on any atom is -0.462 e. The van der Waals surface area contributed by atoms with Gasteiger partial charge in [-0.1, -0.05) is 35.9 Å². The van der Waals surface area contributed by atoms with Crippen LogP contribution in [-0.2, 0) is 29.1 Å². The summed E-state index contributed by atoms with van der Waals surface area (Å²) in [6.07, 6.45) is 2.40. The molecule has 0 aliphatic carbocycles. The van der Waals surface area contributed by atoms with Crippen LogP contribution in [0, 0.1) is 24.2 Å². The minimum atomic E-state index is -4.02. The molecule has 12 heteroatoms. The lowest BCUT2D eigenvalue weighted by atomic mass is 9.89. The molecule has 2 aromatic carbocycles. The zero-order valence-corrected chi connectivity index (χ0v) is 26.1. The van der Waals surface area contributed by atoms with Gasteiger partial charge in [-0.25, -0.2) is 0 Å². The van der Waals surface area contributed by atoms with E-state index in [0.717, 1.165) is 24.2 Å². The Bertz CT molecular complexity index is 1340. The van der Waals surface area contributed by atoms with Crippen LogP contribution in [0.15, 0.2) is 78.0 Å². The second-order valence-corrected chi connectivity index (χ2v) is 11.7. The molecule has 3 N–H and O–H groups in total. The lowest BCUT2D eigenvalue weighted by Gasteiger charge is -2.32. The van der Waals surface area contributed by atoms with Gasteiger partial charge in [-0.2, -0.15) is 13.7 Å². The summed E-state index contributed by atoms with van der Waals surface area (Å²) < 4.78 is 44.4. The first-order valence-electron chi connectivity index (χ1n) is 13.3. The van der Waals surface area contributed by atoms with E-state index in [2.05, 4.69) is 21.1 Å². The van der Waals surface area contributed by atoms with E-state index in [1.54, 1.807) is 36.7 Å². The number of pyridine rings is 1. The highest BCUT2D eigenvalue weighted by Crippen LogP contribution is 2.29. The average Bonchev–Trinajstić information content (AvgIpc) is 2.94. The Kier molecular flexibility index (Phi) is 16.3. The number of hydrogen-bond acceptors (Lipinski definition) is 10. The van der Waals surface area contributed by atoms with Gasteiger partial charge in [-0.15, -0.1) is 0 Å². The monoisotopic (exact) mass is 615 g/mol. The highest BCUT2D eigenvalue weighted by molar-refractivity contribution is 7.85. The third-order valence-electron chi connectivity index (χ3n) is 5.77. The van der Waals surface area contributed by atoms with E-state index in [9.17, 15) is 23.6 Å². The summed E-state index contributed by atoms with van der Waals surface area (Å²) in [4.78, 5) is 13.3. The molecule has 43 heavy (non-hydrogen) atoms. The highest BCUT2D eigenvalue weighted by Gasteiger charge is 2.27. The van der Waals surface area contributed by atoms with E-state index in [0.29, 0.717) is 17.6 Å². The van der Waals surface area contributed by atoms with Crippen molar-refractivity contribution in [2.24, 2.45) is 5.92 Å². The van der Waals surface area contributed by atoms with Crippen molar-refractivity contribution in [3.63, 3.8) is 0 Å². The SMILES string of the molecule is CC(C)(C)OC=O.COC(OC)c1ccc(C(O)C2CNC2)cc1C#N.Cc1ccc(S(=O)(=O)O)cc1.c1ccncc1. The molecule has 0 bridgehead atoms. The van der Waals surface area contributed by atoms with Crippen molar-refractivity contribution in [1.29, 1.82) is 5.26 Å². The van der Waals surface area contributed by atoms with Gasteiger partial charge >= 0.3 is 0 Å². The van der Waals surface area contributed by atoms with Crippen LogP contribution in [0.4, 0.5) is 0 Å². The smallest absolute Gasteiger partial charge is 0.294 e. The summed E-state index contributed by atoms with van der Waals surface area (Å²) in [6.45, 7) is 9.38. The molecule has 1 atom stereocenters. The standard InChI is InChI=1S/C14H18N2O3.C7H8O3S.C5H5N.C5H10O2/c1-18-14(19-2)12-4-3-9(5-10(12)6-15)13(17)11-7-16-8-11;1-6-2-4-7(5-3-6)11(8,9)10;1-2-4-6-5-3-1;1-5(2,3)7-4-6/h3-5,11,13-14,16-17H,7-8H2,1-2H3;2-5H,1H3,(H,8,9,10);1-5H;4H,1-3H3. The molecule has 0 spiro atoms. The van der Waals surface area contributed by atoms with Crippen molar-refractivity contribution in [2.75, 3.05) is 27.3 Å². The Hall–Kier alpha value is -3.70. The summed E-state index contributed by atoms with van der Waals surface area (Å²) in [5, 5.41) is 22.5. The highest BCUT2D eigenvalue weighted by atomic mass is 32.2. The Balaban J connectivity index is 0.000000324. The summed E-state index contributed by atoms with van der Waals surface area (Å²) >= 11 is 0. The number of carbonyl (C=O) groups is 1. The summed E-state index contributed by atoms with van der Waals surface area (Å²) in [7, 11) is -0.968. The largest absolute Gasteiger partial charge is 0.462 e. The Morgan fingerprint density at radius 2 is 1.63 bits per heavy atom. The molecular formula is C31H41N3O8S. The number of aliphatic hydroxyl groups excluding tert-OH is 1. The van der Waals surface area contributed by atoms with Crippen LogP contribution in [0.3, 0.4) is 0 Å². The summed E-state index contributed by atoms with van der Waals surface area (Å²) in [5.41, 5.74) is 2.55. The number of rotatable bonds is 7. The Morgan fingerprint density at radius 3 is 1.95 bits per heavy atom. The number of aliphatic hydroxyl groups is 1. The average molecular weight is 616 g/mol. The van der Waals surface area contributed by atoms with Crippen LogP contribution in [-0.4, -0.2) is 62.4 Å². The third-order valence-corrected chi connectivity index (χ3v) is 6.64. The van der Waals surface area contributed by atoms with Crippen molar-refractivity contribution >= 4 is 16.6 Å². The molecule has 1 saturated heterocycles. The zero-order valence-electron chi connectivity index (χ0n) is 25.3. The number of nitrogens with one attached hydrogen (secondary N) is 1. The number of carbonyl (C=O) groups excluding carboxylic acids is 1. The van der Waals surface area contributed by atoms with E-state index in [1.807, 2.05) is 52.0 Å². The van der Waals surface area contributed by atoms with E-state index < -0.39 is 22.5 Å². The minimum absolute atomic E-state index is 0.0666. The quantitative estimate of drug-likeness (QED) is 0.196. The lowest BCUT2D eigenvalue weighted by molar-refractivity contribution is -0.138. The topological polar surface area (TPSA) is 168 Å². The van der Waals surface area contributed by atoms with Gasteiger partial charge in [0.1, 0.15) is 5.60 Å². The van der Waals surface area contributed by atoms with Crippen LogP contribution in [0.5, 0.6) is 0 Å². The fourth-order valence-electron chi connectivity index (χ4n) is 3.38. The number of nitrogens with zero attached hydrogens (tertiary/aromatic N) is 2. The molecule has 0 radical (unpaired) electrons. The Morgan fingerprint density at radius 1 is 1.05 bits per heavy atom. The Labute approximate surface area is 254 Å². The maximum Gasteiger partial charge on any atom is 0.294 e. The first kappa shape index (κ1) is 37.3. The third kappa shape index (κ3) is 14.4. The van der Waals surface area contributed by atoms with Gasteiger partial charge in [0, 0.05) is 51.2 Å². The predicted octanol–water partition coefficient (Wildman–Crippen LogP) is 4.38. The molecule has 3 aromatic rings. The molecule has 0 saturated carbocycles. The van der Waals surface area contributed by atoms with E-state index in [4.69, 9.17) is 14.0 Å². The van der Waals surface area contributed by atoms with Crippen LogP contribution >= 0.6 is 0 Å². The van der Waals surface area contributed by atoms with Crippen molar-refractivity contribution in [3.8, 4) is 6.07 Å². The van der Waals surface area contributed by atoms with Gasteiger partial charge in [0.2, 0.25) is 0 Å². The number of ether oxygens (including phenoxy) is 3. The molecule has 1 aliphatic rings. The summed E-state index contributed by atoms with van der Waals surface area (Å²) in [5.74, 6) is 0.220. The number of nitriles is 1. The van der Waals surface area contributed by atoms with Gasteiger partial charge in [-0.3, -0.25) is 14.3 Å². The zero-order chi connectivity index (χ0) is 32.5. The molecule has 0 amide bonds. The molecule has 2 heterocycles. The second-order valence-electron chi connectivity index (χ2n) is 10.3. The molecule has 1 aliphatic heterocycles. The fourth-order valence-corrected chi connectivity index (χ4v) is 3.86. The number of benzene rings is 2. The van der Waals surface area contributed by atoms with E-state index >= 15 is 0 Å². The van der Waals surface area contributed by atoms with Crippen LogP contribution < -0.4 is 5.32 Å². The fraction of sp³-hybridized carbons (Fsp3) is 0.387. The first-order valence-corrected chi connectivity index (χ1v) is 14.7. The van der Waals surface area contributed by atoms with Crippen molar-refractivity contribution < 1.29 is 37.1 Å². The normalized spacial score (nSPS) is 13.3. The number of aryl methyl sites for hydroxylation is 1. The van der Waals surface area contributed by atoms with Gasteiger partial charge in [0.05, 0.1) is 22.6 Å². The van der Waals surface area contributed by atoms with Gasteiger partial charge in [0.15, 0.2) is 6.29 Å².